The average molecular weight is 475 g/mol. The SMILES string of the molecule is O=C(CBr)N[C@H](C(=O)N1CC=C[C@]1(c1ccccc1)c1cc(F)ccc1F)C1CC1. The van der Waals surface area contributed by atoms with Gasteiger partial charge in [0.2, 0.25) is 11.8 Å². The summed E-state index contributed by atoms with van der Waals surface area (Å²) in [6.07, 6.45) is 5.21. The number of hydrogen-bond acceptors (Lipinski definition) is 2. The molecule has 1 aliphatic carbocycles. The Morgan fingerprint density at radius 1 is 1.17 bits per heavy atom. The van der Waals surface area contributed by atoms with Crippen molar-refractivity contribution in [1.82, 2.24) is 10.2 Å². The van der Waals surface area contributed by atoms with Crippen LogP contribution in [0.3, 0.4) is 0 Å². The minimum Gasteiger partial charge on any atom is -0.343 e. The Labute approximate surface area is 182 Å². The summed E-state index contributed by atoms with van der Waals surface area (Å²) < 4.78 is 29.2. The van der Waals surface area contributed by atoms with Crippen molar-refractivity contribution in [3.63, 3.8) is 0 Å². The smallest absolute Gasteiger partial charge is 0.246 e. The van der Waals surface area contributed by atoms with Crippen LogP contribution in [0, 0.1) is 17.6 Å². The van der Waals surface area contributed by atoms with Gasteiger partial charge in [-0.2, -0.15) is 0 Å². The third-order valence-electron chi connectivity index (χ3n) is 5.69. The summed E-state index contributed by atoms with van der Waals surface area (Å²) in [5.41, 5.74) is -0.577. The Morgan fingerprint density at radius 2 is 1.90 bits per heavy atom. The first-order chi connectivity index (χ1) is 14.5. The lowest BCUT2D eigenvalue weighted by Crippen LogP contribution is -2.55. The normalized spacial score (nSPS) is 21.5. The van der Waals surface area contributed by atoms with Crippen LogP contribution in [-0.2, 0) is 15.1 Å². The van der Waals surface area contributed by atoms with Crippen molar-refractivity contribution in [2.75, 3.05) is 11.9 Å². The van der Waals surface area contributed by atoms with Crippen molar-refractivity contribution in [2.24, 2.45) is 5.92 Å². The average Bonchev–Trinajstić information content (AvgIpc) is 3.51. The third-order valence-corrected chi connectivity index (χ3v) is 6.20. The molecular formula is C23H21BrF2N2O2. The van der Waals surface area contributed by atoms with Gasteiger partial charge in [-0.05, 0) is 42.5 Å². The zero-order chi connectivity index (χ0) is 21.3. The lowest BCUT2D eigenvalue weighted by Gasteiger charge is -2.41. The molecule has 2 amide bonds. The predicted octanol–water partition coefficient (Wildman–Crippen LogP) is 3.90. The van der Waals surface area contributed by atoms with Gasteiger partial charge in [0, 0.05) is 12.1 Å². The summed E-state index contributed by atoms with van der Waals surface area (Å²) in [5, 5.41) is 2.89. The Bertz CT molecular complexity index is 994. The summed E-state index contributed by atoms with van der Waals surface area (Å²) in [7, 11) is 0. The first-order valence-electron chi connectivity index (χ1n) is 9.83. The van der Waals surface area contributed by atoms with Crippen molar-refractivity contribution in [3.8, 4) is 0 Å². The number of hydrogen-bond donors (Lipinski definition) is 1. The number of carbonyl (C=O) groups is 2. The van der Waals surface area contributed by atoms with Crippen LogP contribution >= 0.6 is 15.9 Å². The molecule has 1 fully saturated rings. The maximum Gasteiger partial charge on any atom is 0.246 e. The molecule has 2 aliphatic rings. The summed E-state index contributed by atoms with van der Waals surface area (Å²) in [6.45, 7) is 0.233. The molecule has 0 bridgehead atoms. The van der Waals surface area contributed by atoms with Gasteiger partial charge < -0.3 is 10.2 Å². The van der Waals surface area contributed by atoms with Crippen molar-refractivity contribution in [2.45, 2.75) is 24.4 Å². The number of amides is 2. The second-order valence-electron chi connectivity index (χ2n) is 7.62. The highest BCUT2D eigenvalue weighted by Gasteiger charge is 2.49. The van der Waals surface area contributed by atoms with E-state index >= 15 is 4.39 Å². The van der Waals surface area contributed by atoms with Gasteiger partial charge in [0.05, 0.1) is 5.33 Å². The summed E-state index contributed by atoms with van der Waals surface area (Å²) in [6, 6.07) is 11.6. The zero-order valence-electron chi connectivity index (χ0n) is 16.2. The lowest BCUT2D eigenvalue weighted by atomic mass is 9.81. The molecule has 0 saturated heterocycles. The molecule has 1 heterocycles. The molecule has 0 spiro atoms. The Balaban J connectivity index is 1.83. The molecule has 2 aromatic rings. The highest BCUT2D eigenvalue weighted by Crippen LogP contribution is 2.44. The topological polar surface area (TPSA) is 49.4 Å². The fourth-order valence-corrected chi connectivity index (χ4v) is 4.30. The number of nitrogens with one attached hydrogen (secondary N) is 1. The first kappa shape index (κ1) is 20.7. The standard InChI is InChI=1S/C23H21BrF2N2O2/c24-14-20(29)27-21(15-7-8-15)22(30)28-12-4-11-23(28,16-5-2-1-3-6-16)18-13-17(25)9-10-19(18)26/h1-6,9-11,13,15,21H,7-8,12,14H2,(H,27,29)/t21-,23-/m0/s1. The molecule has 30 heavy (non-hydrogen) atoms. The van der Waals surface area contributed by atoms with Crippen LogP contribution < -0.4 is 5.32 Å². The first-order valence-corrected chi connectivity index (χ1v) is 10.9. The highest BCUT2D eigenvalue weighted by molar-refractivity contribution is 9.09. The molecule has 0 aromatic heterocycles. The van der Waals surface area contributed by atoms with Gasteiger partial charge in [-0.25, -0.2) is 8.78 Å². The molecule has 4 nitrogen and oxygen atoms in total. The molecule has 1 saturated carbocycles. The number of halogens is 3. The van der Waals surface area contributed by atoms with E-state index in [0.717, 1.165) is 31.0 Å². The molecule has 1 N–H and O–H groups in total. The highest BCUT2D eigenvalue weighted by atomic mass is 79.9. The van der Waals surface area contributed by atoms with Gasteiger partial charge in [-0.1, -0.05) is 58.4 Å². The van der Waals surface area contributed by atoms with E-state index in [9.17, 15) is 14.0 Å². The van der Waals surface area contributed by atoms with Gasteiger partial charge >= 0.3 is 0 Å². The summed E-state index contributed by atoms with van der Waals surface area (Å²) in [5.74, 6) is -1.72. The van der Waals surface area contributed by atoms with Crippen LogP contribution in [-0.4, -0.2) is 34.6 Å². The van der Waals surface area contributed by atoms with E-state index in [2.05, 4.69) is 21.2 Å². The number of benzene rings is 2. The molecule has 2 aromatic carbocycles. The minimum absolute atomic E-state index is 0.0481. The van der Waals surface area contributed by atoms with Crippen LogP contribution in [0.25, 0.3) is 0 Å². The molecule has 7 heteroatoms. The van der Waals surface area contributed by atoms with Gasteiger partial charge in [-0.15, -0.1) is 0 Å². The van der Waals surface area contributed by atoms with E-state index in [1.165, 1.54) is 4.90 Å². The van der Waals surface area contributed by atoms with E-state index in [0.29, 0.717) is 5.56 Å². The van der Waals surface area contributed by atoms with E-state index in [1.54, 1.807) is 36.4 Å². The second-order valence-corrected chi connectivity index (χ2v) is 8.18. The van der Waals surface area contributed by atoms with Gasteiger partial charge in [0.15, 0.2) is 0 Å². The molecular weight excluding hydrogens is 454 g/mol. The third kappa shape index (κ3) is 3.67. The van der Waals surface area contributed by atoms with Gasteiger partial charge in [0.25, 0.3) is 0 Å². The van der Waals surface area contributed by atoms with Gasteiger partial charge in [0.1, 0.15) is 23.2 Å². The van der Waals surface area contributed by atoms with E-state index in [-0.39, 0.29) is 35.2 Å². The molecule has 156 valence electrons. The van der Waals surface area contributed by atoms with Crippen molar-refractivity contribution in [1.29, 1.82) is 0 Å². The lowest BCUT2D eigenvalue weighted by molar-refractivity contribution is -0.139. The van der Waals surface area contributed by atoms with E-state index < -0.39 is 23.2 Å². The number of alkyl halides is 1. The van der Waals surface area contributed by atoms with Crippen LogP contribution in [0.15, 0.2) is 60.7 Å². The summed E-state index contributed by atoms with van der Waals surface area (Å²) >= 11 is 3.12. The monoisotopic (exact) mass is 474 g/mol. The molecule has 1 aliphatic heterocycles. The molecule has 2 atom stereocenters. The zero-order valence-corrected chi connectivity index (χ0v) is 17.7. The van der Waals surface area contributed by atoms with Crippen LogP contribution in [0.2, 0.25) is 0 Å². The number of rotatable bonds is 6. The van der Waals surface area contributed by atoms with Crippen LogP contribution in [0.5, 0.6) is 0 Å². The maximum absolute atomic E-state index is 15.0. The van der Waals surface area contributed by atoms with E-state index in [1.807, 2.05) is 6.07 Å². The van der Waals surface area contributed by atoms with E-state index in [4.69, 9.17) is 0 Å². The van der Waals surface area contributed by atoms with Crippen LogP contribution in [0.1, 0.15) is 24.0 Å². The molecule has 0 radical (unpaired) electrons. The predicted molar refractivity (Wildman–Crippen MR) is 113 cm³/mol. The van der Waals surface area contributed by atoms with Crippen molar-refractivity contribution >= 4 is 27.7 Å². The second kappa shape index (κ2) is 8.30. The fourth-order valence-electron chi connectivity index (χ4n) is 4.14. The number of carbonyl (C=O) groups excluding carboxylic acids is 2. The van der Waals surface area contributed by atoms with Gasteiger partial charge in [-0.3, -0.25) is 9.59 Å². The summed E-state index contributed by atoms with van der Waals surface area (Å²) in [4.78, 5) is 27.2. The Hall–Kier alpha value is -2.54. The molecule has 0 unspecified atom stereocenters. The Kier molecular flexibility index (Phi) is 5.73. The fraction of sp³-hybridized carbons (Fsp3) is 0.304. The van der Waals surface area contributed by atoms with Crippen molar-refractivity contribution in [3.05, 3.63) is 83.4 Å². The minimum atomic E-state index is -1.29. The number of nitrogens with zero attached hydrogens (tertiary/aromatic N) is 1. The quantitative estimate of drug-likeness (QED) is 0.509. The van der Waals surface area contributed by atoms with Crippen molar-refractivity contribution < 1.29 is 18.4 Å². The maximum atomic E-state index is 15.0. The largest absolute Gasteiger partial charge is 0.343 e. The molecule has 4 rings (SSSR count). The Morgan fingerprint density at radius 3 is 2.57 bits per heavy atom. The van der Waals surface area contributed by atoms with Crippen LogP contribution in [0.4, 0.5) is 8.78 Å².